The Hall–Kier alpha value is -7.68. The van der Waals surface area contributed by atoms with Crippen molar-refractivity contribution >= 4 is 39.2 Å². The van der Waals surface area contributed by atoms with Gasteiger partial charge in [0.25, 0.3) is 0 Å². The number of anilines is 5. The molecule has 0 amide bonds. The first-order valence-corrected chi connectivity index (χ1v) is 20.8. The zero-order valence-electron chi connectivity index (χ0n) is 33.1. The summed E-state index contributed by atoms with van der Waals surface area (Å²) in [7, 11) is 0. The second kappa shape index (κ2) is 15.2. The number of hydrogen-bond acceptors (Lipinski definition) is 2. The standard InChI is InChI=1S/C58H42N2/c1-3-14-41(15-4-1)43-28-30-44(31-29-43)45-32-35-51(36-33-45)59(50-21-5-2-6-22-50)52-23-12-19-48(40-52)46-18-11-20-49(38-46)54-25-13-27-57-58(54)55-24-9-10-26-56(55)60(57)53-37-34-42-16-7-8-17-47(42)39-53/h1-40,55-56H. The molecule has 0 aromatic heterocycles. The number of benzene rings is 9. The Bertz CT molecular complexity index is 3040. The van der Waals surface area contributed by atoms with Crippen molar-refractivity contribution < 1.29 is 0 Å². The number of hydrogen-bond donors (Lipinski definition) is 0. The Morgan fingerprint density at radius 1 is 0.350 bits per heavy atom. The van der Waals surface area contributed by atoms with Crippen LogP contribution in [0.25, 0.3) is 55.3 Å². The second-order valence-corrected chi connectivity index (χ2v) is 15.7. The highest BCUT2D eigenvalue weighted by Gasteiger charge is 2.39. The number of para-hydroxylation sites is 1. The molecule has 0 fully saturated rings. The Morgan fingerprint density at radius 3 is 1.67 bits per heavy atom. The zero-order chi connectivity index (χ0) is 39.8. The van der Waals surface area contributed by atoms with Crippen LogP contribution in [0.3, 0.4) is 0 Å². The largest absolute Gasteiger partial charge is 0.333 e. The van der Waals surface area contributed by atoms with Crippen molar-refractivity contribution in [2.24, 2.45) is 0 Å². The van der Waals surface area contributed by atoms with E-state index in [4.69, 9.17) is 0 Å². The molecule has 9 aromatic carbocycles. The second-order valence-electron chi connectivity index (χ2n) is 15.7. The van der Waals surface area contributed by atoms with Gasteiger partial charge in [-0.25, -0.2) is 0 Å². The Labute approximate surface area is 352 Å². The summed E-state index contributed by atoms with van der Waals surface area (Å²) in [6, 6.07) is 79.6. The number of rotatable bonds is 8. The molecule has 0 saturated carbocycles. The van der Waals surface area contributed by atoms with Crippen LogP contribution < -0.4 is 9.80 Å². The minimum atomic E-state index is 0.213. The van der Waals surface area contributed by atoms with Gasteiger partial charge in [-0.2, -0.15) is 0 Å². The van der Waals surface area contributed by atoms with E-state index < -0.39 is 0 Å². The highest BCUT2D eigenvalue weighted by Crippen LogP contribution is 2.52. The lowest BCUT2D eigenvalue weighted by molar-refractivity contribution is 0.746. The van der Waals surface area contributed by atoms with Gasteiger partial charge in [-0.3, -0.25) is 0 Å². The van der Waals surface area contributed by atoms with Crippen molar-refractivity contribution in [2.75, 3.05) is 9.80 Å². The van der Waals surface area contributed by atoms with Gasteiger partial charge >= 0.3 is 0 Å². The summed E-state index contributed by atoms with van der Waals surface area (Å²) in [5, 5.41) is 2.52. The van der Waals surface area contributed by atoms with Gasteiger partial charge in [-0.15, -0.1) is 0 Å². The predicted octanol–water partition coefficient (Wildman–Crippen LogP) is 15.7. The van der Waals surface area contributed by atoms with Gasteiger partial charge in [0.2, 0.25) is 0 Å². The first-order chi connectivity index (χ1) is 29.7. The van der Waals surface area contributed by atoms with E-state index in [1.807, 2.05) is 0 Å². The Kier molecular flexibility index (Phi) is 9.02. The van der Waals surface area contributed by atoms with Crippen molar-refractivity contribution in [3.63, 3.8) is 0 Å². The average Bonchev–Trinajstić information content (AvgIpc) is 3.67. The lowest BCUT2D eigenvalue weighted by Crippen LogP contribution is -2.28. The number of fused-ring (bicyclic) bond motifs is 4. The minimum absolute atomic E-state index is 0.213. The van der Waals surface area contributed by atoms with Gasteiger partial charge in [-0.1, -0.05) is 182 Å². The molecule has 9 aromatic rings. The van der Waals surface area contributed by atoms with E-state index in [0.29, 0.717) is 0 Å². The molecule has 2 atom stereocenters. The van der Waals surface area contributed by atoms with E-state index in [9.17, 15) is 0 Å². The van der Waals surface area contributed by atoms with Gasteiger partial charge in [-0.05, 0) is 122 Å². The first kappa shape index (κ1) is 35.5. The quantitative estimate of drug-likeness (QED) is 0.152. The fourth-order valence-corrected chi connectivity index (χ4v) is 9.28. The highest BCUT2D eigenvalue weighted by atomic mass is 15.2. The average molecular weight is 767 g/mol. The van der Waals surface area contributed by atoms with Crippen LogP contribution in [0.5, 0.6) is 0 Å². The summed E-state index contributed by atoms with van der Waals surface area (Å²) in [5.74, 6) is 0.249. The van der Waals surface area contributed by atoms with Crippen LogP contribution in [0.2, 0.25) is 0 Å². The molecule has 0 bridgehead atoms. The molecule has 1 aliphatic carbocycles. The molecule has 0 saturated heterocycles. The number of allylic oxidation sites excluding steroid dienone is 2. The van der Waals surface area contributed by atoms with Crippen LogP contribution in [-0.4, -0.2) is 6.04 Å². The Morgan fingerprint density at radius 2 is 0.900 bits per heavy atom. The molecule has 2 aliphatic rings. The van der Waals surface area contributed by atoms with Crippen LogP contribution in [-0.2, 0) is 0 Å². The van der Waals surface area contributed by atoms with Crippen LogP contribution in [0.1, 0.15) is 11.5 Å². The molecule has 1 heterocycles. The van der Waals surface area contributed by atoms with E-state index in [1.165, 1.54) is 72.2 Å². The molecule has 2 nitrogen and oxygen atoms in total. The normalized spacial score (nSPS) is 15.2. The van der Waals surface area contributed by atoms with Crippen LogP contribution in [0.15, 0.2) is 243 Å². The molecule has 0 N–H and O–H groups in total. The van der Waals surface area contributed by atoms with E-state index in [-0.39, 0.29) is 12.0 Å². The minimum Gasteiger partial charge on any atom is -0.333 e. The fraction of sp³-hybridized carbons (Fsp3) is 0.0345. The van der Waals surface area contributed by atoms with E-state index >= 15 is 0 Å². The lowest BCUT2D eigenvalue weighted by Gasteiger charge is -2.29. The molecule has 284 valence electrons. The van der Waals surface area contributed by atoms with Gasteiger partial charge in [0.15, 0.2) is 0 Å². The third kappa shape index (κ3) is 6.49. The van der Waals surface area contributed by atoms with Crippen molar-refractivity contribution in [3.8, 4) is 44.5 Å². The summed E-state index contributed by atoms with van der Waals surface area (Å²) in [4.78, 5) is 4.89. The van der Waals surface area contributed by atoms with E-state index in [0.717, 1.165) is 17.1 Å². The first-order valence-electron chi connectivity index (χ1n) is 20.8. The van der Waals surface area contributed by atoms with Crippen LogP contribution >= 0.6 is 0 Å². The molecule has 0 spiro atoms. The summed E-state index contributed by atoms with van der Waals surface area (Å²) < 4.78 is 0. The summed E-state index contributed by atoms with van der Waals surface area (Å²) in [5.41, 5.74) is 16.9. The molecule has 0 radical (unpaired) electrons. The van der Waals surface area contributed by atoms with Gasteiger partial charge in [0.1, 0.15) is 0 Å². The topological polar surface area (TPSA) is 6.48 Å². The number of nitrogens with zero attached hydrogens (tertiary/aromatic N) is 2. The van der Waals surface area contributed by atoms with Crippen LogP contribution in [0, 0.1) is 0 Å². The van der Waals surface area contributed by atoms with Crippen molar-refractivity contribution in [3.05, 3.63) is 248 Å². The molecular weight excluding hydrogens is 725 g/mol. The third-order valence-electron chi connectivity index (χ3n) is 12.2. The maximum Gasteiger partial charge on any atom is 0.0629 e. The zero-order valence-corrected chi connectivity index (χ0v) is 33.1. The Balaban J connectivity index is 0.933. The van der Waals surface area contributed by atoms with Crippen molar-refractivity contribution in [2.45, 2.75) is 12.0 Å². The molecular formula is C58H42N2. The summed E-state index contributed by atoms with van der Waals surface area (Å²) >= 11 is 0. The van der Waals surface area contributed by atoms with Crippen molar-refractivity contribution in [1.82, 2.24) is 0 Å². The molecule has 1 aliphatic heterocycles. The highest BCUT2D eigenvalue weighted by molar-refractivity contribution is 5.91. The van der Waals surface area contributed by atoms with E-state index in [2.05, 4.69) is 252 Å². The molecule has 2 heteroatoms. The molecule has 60 heavy (non-hydrogen) atoms. The maximum atomic E-state index is 2.54. The van der Waals surface area contributed by atoms with Gasteiger partial charge in [0, 0.05) is 34.4 Å². The maximum absolute atomic E-state index is 2.54. The van der Waals surface area contributed by atoms with Crippen molar-refractivity contribution in [1.29, 1.82) is 0 Å². The van der Waals surface area contributed by atoms with E-state index in [1.54, 1.807) is 0 Å². The molecule has 11 rings (SSSR count). The smallest absolute Gasteiger partial charge is 0.0629 e. The summed E-state index contributed by atoms with van der Waals surface area (Å²) in [6.07, 6.45) is 9.16. The molecule has 2 unspecified atom stereocenters. The van der Waals surface area contributed by atoms with Gasteiger partial charge in [0.05, 0.1) is 6.04 Å². The third-order valence-corrected chi connectivity index (χ3v) is 12.2. The lowest BCUT2D eigenvalue weighted by atomic mass is 9.86. The fourth-order valence-electron chi connectivity index (χ4n) is 9.28. The SMILES string of the molecule is C1=CC2c3c(-c4cccc(-c5cccc(N(c6ccccc6)c6ccc(-c7ccc(-c8ccccc8)cc7)cc6)c5)c4)cccc3N(c3ccc4ccccc4c3)C2C=C1. The monoisotopic (exact) mass is 766 g/mol. The van der Waals surface area contributed by atoms with Crippen LogP contribution in [0.4, 0.5) is 28.4 Å². The van der Waals surface area contributed by atoms with Gasteiger partial charge < -0.3 is 9.80 Å². The summed E-state index contributed by atoms with van der Waals surface area (Å²) in [6.45, 7) is 0. The predicted molar refractivity (Wildman–Crippen MR) is 254 cm³/mol.